The van der Waals surface area contributed by atoms with E-state index < -0.39 is 0 Å². The van der Waals surface area contributed by atoms with Gasteiger partial charge < -0.3 is 4.74 Å². The molecule has 0 aliphatic carbocycles. The van der Waals surface area contributed by atoms with Crippen molar-refractivity contribution in [3.63, 3.8) is 0 Å². The summed E-state index contributed by atoms with van der Waals surface area (Å²) in [5.41, 5.74) is 4.84. The molecule has 2 aromatic carbocycles. The maximum atomic E-state index is 11.7. The summed E-state index contributed by atoms with van der Waals surface area (Å²) in [6.45, 7) is 6.43. The van der Waals surface area contributed by atoms with Crippen LogP contribution in [0.3, 0.4) is 0 Å². The molecule has 0 unspecified atom stereocenters. The Morgan fingerprint density at radius 3 is 2.45 bits per heavy atom. The van der Waals surface area contributed by atoms with E-state index in [9.17, 15) is 14.4 Å². The molecule has 0 amide bonds. The summed E-state index contributed by atoms with van der Waals surface area (Å²) >= 11 is 0. The molecule has 4 aromatic rings. The van der Waals surface area contributed by atoms with E-state index in [1.165, 1.54) is 21.9 Å². The molecule has 4 rings (SSSR count). The topological polar surface area (TPSA) is 133 Å². The zero-order valence-electron chi connectivity index (χ0n) is 21.9. The van der Waals surface area contributed by atoms with Gasteiger partial charge in [-0.1, -0.05) is 59.3 Å². The molecule has 10 nitrogen and oxygen atoms in total. The average Bonchev–Trinajstić information content (AvgIpc) is 3.39. The number of rotatable bonds is 10. The quantitative estimate of drug-likeness (QED) is 0.318. The van der Waals surface area contributed by atoms with Gasteiger partial charge in [-0.15, -0.1) is 10.2 Å². The second-order valence-electron chi connectivity index (χ2n) is 8.80. The van der Waals surface area contributed by atoms with Gasteiger partial charge in [0.1, 0.15) is 5.78 Å². The summed E-state index contributed by atoms with van der Waals surface area (Å²) in [5, 5.41) is 17.5. The smallest absolute Gasteiger partial charge is 0.310 e. The lowest BCUT2D eigenvalue weighted by molar-refractivity contribution is -0.142. The fourth-order valence-corrected chi connectivity index (χ4v) is 3.73. The number of Topliss-reactive ketones (excluding diaryl/α,β-unsaturated/α-hetero) is 1. The second kappa shape index (κ2) is 14.3. The number of carbonyl (C=O) groups excluding carboxylic acids is 2. The fraction of sp³-hybridized carbons (Fsp3) is 0.321. The summed E-state index contributed by atoms with van der Waals surface area (Å²) in [6, 6.07) is 18.9. The van der Waals surface area contributed by atoms with Gasteiger partial charge in [0.2, 0.25) is 0 Å². The third-order valence-electron chi connectivity index (χ3n) is 5.50. The Morgan fingerprint density at radius 2 is 1.71 bits per heavy atom. The summed E-state index contributed by atoms with van der Waals surface area (Å²) < 4.78 is 6.35. The molecule has 0 saturated heterocycles. The van der Waals surface area contributed by atoms with Crippen molar-refractivity contribution >= 4 is 11.8 Å². The van der Waals surface area contributed by atoms with E-state index in [0.29, 0.717) is 25.4 Å². The molecule has 0 saturated carbocycles. The summed E-state index contributed by atoms with van der Waals surface area (Å²) in [4.78, 5) is 34.9. The minimum absolute atomic E-state index is 0.132. The minimum Gasteiger partial charge on any atom is -0.466 e. The summed E-state index contributed by atoms with van der Waals surface area (Å²) in [6.07, 6.45) is 1.76. The molecular formula is C28H32N6O4. The molecule has 0 bridgehead atoms. The molecule has 0 atom stereocenters. The zero-order valence-corrected chi connectivity index (χ0v) is 21.9. The molecule has 0 aliphatic heterocycles. The molecule has 198 valence electrons. The fourth-order valence-electron chi connectivity index (χ4n) is 3.73. The number of carbonyl (C=O) groups is 2. The molecule has 0 fully saturated rings. The van der Waals surface area contributed by atoms with Crippen LogP contribution in [0.15, 0.2) is 65.5 Å². The van der Waals surface area contributed by atoms with E-state index in [0.717, 1.165) is 23.2 Å². The van der Waals surface area contributed by atoms with Crippen LogP contribution in [0, 0.1) is 13.8 Å². The Labute approximate surface area is 221 Å². The first-order chi connectivity index (χ1) is 18.3. The normalized spacial score (nSPS) is 10.4. The number of aromatic nitrogens is 6. The SMILES string of the molecule is CCOC(=O)Cc1cccc(Cn2nc(C)ccc2=O)c1.Cc1cccc(CCC(=O)Cc2nn[nH]n2)c1. The van der Waals surface area contributed by atoms with Gasteiger partial charge in [-0.05, 0) is 49.9 Å². The predicted molar refractivity (Wildman–Crippen MR) is 142 cm³/mol. The van der Waals surface area contributed by atoms with Crippen LogP contribution in [0.1, 0.15) is 47.1 Å². The molecule has 1 N–H and O–H groups in total. The van der Waals surface area contributed by atoms with Gasteiger partial charge >= 0.3 is 5.97 Å². The third-order valence-corrected chi connectivity index (χ3v) is 5.50. The van der Waals surface area contributed by atoms with Crippen LogP contribution >= 0.6 is 0 Å². The van der Waals surface area contributed by atoms with Gasteiger partial charge in [-0.3, -0.25) is 14.4 Å². The highest BCUT2D eigenvalue weighted by Crippen LogP contribution is 2.09. The van der Waals surface area contributed by atoms with Crippen molar-refractivity contribution in [1.82, 2.24) is 30.4 Å². The number of ether oxygens (including phenoxy) is 1. The van der Waals surface area contributed by atoms with Crippen LogP contribution in [-0.2, 0) is 40.1 Å². The van der Waals surface area contributed by atoms with Crippen LogP contribution in [0.5, 0.6) is 0 Å². The zero-order chi connectivity index (χ0) is 27.3. The number of ketones is 1. The lowest BCUT2D eigenvalue weighted by Gasteiger charge is -2.07. The van der Waals surface area contributed by atoms with E-state index in [-0.39, 0.29) is 30.2 Å². The van der Waals surface area contributed by atoms with Gasteiger partial charge in [-0.25, -0.2) is 4.68 Å². The average molecular weight is 517 g/mol. The highest BCUT2D eigenvalue weighted by atomic mass is 16.5. The molecule has 0 spiro atoms. The van der Waals surface area contributed by atoms with Gasteiger partial charge in [0, 0.05) is 12.5 Å². The van der Waals surface area contributed by atoms with Gasteiger partial charge in [0.15, 0.2) is 5.82 Å². The molecule has 2 heterocycles. The first-order valence-electron chi connectivity index (χ1n) is 12.4. The minimum atomic E-state index is -0.250. The Balaban J connectivity index is 0.000000215. The van der Waals surface area contributed by atoms with Crippen molar-refractivity contribution in [2.75, 3.05) is 6.61 Å². The third kappa shape index (κ3) is 9.53. The van der Waals surface area contributed by atoms with E-state index >= 15 is 0 Å². The molecule has 2 aromatic heterocycles. The van der Waals surface area contributed by atoms with E-state index in [1.54, 1.807) is 13.0 Å². The number of nitrogens with zero attached hydrogens (tertiary/aromatic N) is 5. The van der Waals surface area contributed by atoms with E-state index in [2.05, 4.69) is 31.8 Å². The number of H-pyrrole nitrogens is 1. The van der Waals surface area contributed by atoms with Crippen LogP contribution in [0.4, 0.5) is 0 Å². The number of esters is 1. The van der Waals surface area contributed by atoms with Crippen LogP contribution in [0.2, 0.25) is 0 Å². The predicted octanol–water partition coefficient (Wildman–Crippen LogP) is 2.96. The standard InChI is InChI=1S/C16H18N2O3.C12H14N4O/c1-3-21-16(20)10-13-5-4-6-14(9-13)11-18-15(19)8-7-12(2)17-18;1-9-3-2-4-10(7-9)5-6-11(17)8-12-13-15-16-14-12/h4-9H,3,10-11H2,1-2H3;2-4,7H,5-6,8H2,1H3,(H,13,14,15,16). The summed E-state index contributed by atoms with van der Waals surface area (Å²) in [5.74, 6) is 0.340. The van der Waals surface area contributed by atoms with Gasteiger partial charge in [0.05, 0.1) is 31.7 Å². The molecule has 0 radical (unpaired) electrons. The lowest BCUT2D eigenvalue weighted by Crippen LogP contribution is -2.23. The number of benzene rings is 2. The van der Waals surface area contributed by atoms with E-state index in [4.69, 9.17) is 4.74 Å². The van der Waals surface area contributed by atoms with E-state index in [1.807, 2.05) is 56.3 Å². The number of nitrogens with one attached hydrogen (secondary N) is 1. The number of aromatic amines is 1. The summed E-state index contributed by atoms with van der Waals surface area (Å²) in [7, 11) is 0. The largest absolute Gasteiger partial charge is 0.466 e. The van der Waals surface area contributed by atoms with Crippen molar-refractivity contribution in [2.45, 2.75) is 53.0 Å². The van der Waals surface area contributed by atoms with Crippen molar-refractivity contribution in [3.8, 4) is 0 Å². The Kier molecular flexibility index (Phi) is 10.6. The van der Waals surface area contributed by atoms with Crippen LogP contribution < -0.4 is 5.56 Å². The van der Waals surface area contributed by atoms with Gasteiger partial charge in [0.25, 0.3) is 5.56 Å². The van der Waals surface area contributed by atoms with Crippen LogP contribution in [-0.4, -0.2) is 48.8 Å². The Morgan fingerprint density at radius 1 is 0.947 bits per heavy atom. The monoisotopic (exact) mass is 516 g/mol. The first kappa shape index (κ1) is 28.1. The van der Waals surface area contributed by atoms with Crippen molar-refractivity contribution in [1.29, 1.82) is 0 Å². The lowest BCUT2D eigenvalue weighted by atomic mass is 10.0. The molecular weight excluding hydrogens is 484 g/mol. The van der Waals surface area contributed by atoms with Crippen molar-refractivity contribution in [3.05, 3.63) is 105 Å². The maximum Gasteiger partial charge on any atom is 0.310 e. The number of hydrogen-bond acceptors (Lipinski definition) is 8. The van der Waals surface area contributed by atoms with Gasteiger partial charge in [-0.2, -0.15) is 10.3 Å². The number of hydrogen-bond donors (Lipinski definition) is 1. The number of aryl methyl sites for hydroxylation is 3. The molecule has 38 heavy (non-hydrogen) atoms. The maximum absolute atomic E-state index is 11.7. The molecule has 0 aliphatic rings. The van der Waals surface area contributed by atoms with Crippen LogP contribution in [0.25, 0.3) is 0 Å². The highest BCUT2D eigenvalue weighted by molar-refractivity contribution is 5.80. The van der Waals surface area contributed by atoms with Crippen molar-refractivity contribution in [2.24, 2.45) is 0 Å². The second-order valence-corrected chi connectivity index (χ2v) is 8.80. The Hall–Kier alpha value is -4.47. The Bertz CT molecular complexity index is 1400. The molecule has 10 heteroatoms. The first-order valence-corrected chi connectivity index (χ1v) is 12.4. The highest BCUT2D eigenvalue weighted by Gasteiger charge is 2.08. The number of tetrazole rings is 1. The van der Waals surface area contributed by atoms with Crippen molar-refractivity contribution < 1.29 is 14.3 Å².